The van der Waals surface area contributed by atoms with E-state index in [1.807, 2.05) is 22.3 Å². The summed E-state index contributed by atoms with van der Waals surface area (Å²) in [6.07, 6.45) is 6.07. The van der Waals surface area contributed by atoms with Gasteiger partial charge in [-0.1, -0.05) is 0 Å². The van der Waals surface area contributed by atoms with Crippen molar-refractivity contribution in [3.63, 3.8) is 0 Å². The van der Waals surface area contributed by atoms with Crippen LogP contribution in [0.1, 0.15) is 66.2 Å². The van der Waals surface area contributed by atoms with E-state index in [4.69, 9.17) is 4.74 Å². The minimum absolute atomic E-state index is 0.000789. The molecule has 3 fully saturated rings. The number of aromatic nitrogens is 3. The summed E-state index contributed by atoms with van der Waals surface area (Å²) < 4.78 is 7.45. The van der Waals surface area contributed by atoms with E-state index in [0.29, 0.717) is 42.7 Å². The molecule has 3 aliphatic heterocycles. The smallest absolute Gasteiger partial charge is 0.274 e. The summed E-state index contributed by atoms with van der Waals surface area (Å²) in [6.45, 7) is 3.32. The number of aryl methyl sites for hydroxylation is 1. The highest BCUT2D eigenvalue weighted by Gasteiger charge is 2.43. The normalized spacial score (nSPS) is 24.0. The average Bonchev–Trinajstić information content (AvgIpc) is 3.34. The quantitative estimate of drug-likeness (QED) is 0.669. The maximum atomic E-state index is 13.5. The van der Waals surface area contributed by atoms with Gasteiger partial charge in [0.1, 0.15) is 17.1 Å². The van der Waals surface area contributed by atoms with Crippen LogP contribution < -0.4 is 5.56 Å². The highest BCUT2D eigenvalue weighted by Crippen LogP contribution is 2.36. The van der Waals surface area contributed by atoms with Crippen LogP contribution in [0.4, 0.5) is 0 Å². The monoisotopic (exact) mass is 434 g/mol. The Morgan fingerprint density at radius 3 is 2.50 bits per heavy atom. The van der Waals surface area contributed by atoms with Gasteiger partial charge >= 0.3 is 0 Å². The van der Waals surface area contributed by atoms with Crippen molar-refractivity contribution in [1.82, 2.24) is 19.3 Å². The Bertz CT molecular complexity index is 1300. The number of hydrogen-bond acceptors (Lipinski definition) is 5. The van der Waals surface area contributed by atoms with Gasteiger partial charge in [0.15, 0.2) is 0 Å². The van der Waals surface area contributed by atoms with Crippen molar-refractivity contribution in [2.24, 2.45) is 0 Å². The molecule has 3 aliphatic rings. The molecule has 2 bridgehead atoms. The lowest BCUT2D eigenvalue weighted by Crippen LogP contribution is -2.47. The predicted octanol–water partition coefficient (Wildman–Crippen LogP) is 2.71. The molecule has 2 atom stereocenters. The summed E-state index contributed by atoms with van der Waals surface area (Å²) in [5.41, 5.74) is 3.23. The summed E-state index contributed by atoms with van der Waals surface area (Å²) in [4.78, 5) is 47.8. The Morgan fingerprint density at radius 2 is 1.78 bits per heavy atom. The van der Waals surface area contributed by atoms with Gasteiger partial charge in [-0.3, -0.25) is 18.8 Å². The van der Waals surface area contributed by atoms with E-state index in [1.54, 1.807) is 12.3 Å². The number of nitrogens with zero attached hydrogens (tertiary/aromatic N) is 3. The number of aromatic amines is 1. The Labute approximate surface area is 184 Å². The molecule has 0 saturated carbocycles. The zero-order valence-electron chi connectivity index (χ0n) is 18.1. The van der Waals surface area contributed by atoms with Crippen molar-refractivity contribution in [2.75, 3.05) is 13.2 Å². The van der Waals surface area contributed by atoms with Gasteiger partial charge in [0.2, 0.25) is 0 Å². The first-order valence-corrected chi connectivity index (χ1v) is 11.5. The number of fused-ring (bicyclic) bond motifs is 5. The van der Waals surface area contributed by atoms with Crippen molar-refractivity contribution in [3.05, 3.63) is 45.6 Å². The van der Waals surface area contributed by atoms with Gasteiger partial charge in [0.05, 0.1) is 17.2 Å². The lowest BCUT2D eigenvalue weighted by atomic mass is 9.98. The third-order valence-electron chi connectivity index (χ3n) is 7.45. The second kappa shape index (κ2) is 7.27. The molecule has 0 unspecified atom stereocenters. The minimum Gasteiger partial charge on any atom is -0.381 e. The molecule has 3 aromatic rings. The number of ether oxygens (including phenoxy) is 1. The van der Waals surface area contributed by atoms with Gasteiger partial charge in [-0.25, -0.2) is 4.98 Å². The van der Waals surface area contributed by atoms with Gasteiger partial charge in [0, 0.05) is 49.6 Å². The molecule has 32 heavy (non-hydrogen) atoms. The first-order valence-electron chi connectivity index (χ1n) is 11.5. The summed E-state index contributed by atoms with van der Waals surface area (Å²) >= 11 is 0. The van der Waals surface area contributed by atoms with Gasteiger partial charge < -0.3 is 14.6 Å². The van der Waals surface area contributed by atoms with Gasteiger partial charge in [-0.2, -0.15) is 0 Å². The number of benzene rings is 1. The molecule has 1 amide bonds. The predicted molar refractivity (Wildman–Crippen MR) is 118 cm³/mol. The van der Waals surface area contributed by atoms with E-state index < -0.39 is 0 Å². The Morgan fingerprint density at radius 1 is 1.06 bits per heavy atom. The van der Waals surface area contributed by atoms with Gasteiger partial charge in [0.25, 0.3) is 11.5 Å². The minimum atomic E-state index is -0.214. The first kappa shape index (κ1) is 19.7. The first-order chi connectivity index (χ1) is 15.5. The molecule has 8 heteroatoms. The van der Waals surface area contributed by atoms with Crippen LogP contribution >= 0.6 is 0 Å². The Kier molecular flexibility index (Phi) is 4.47. The van der Waals surface area contributed by atoms with E-state index >= 15 is 0 Å². The number of amides is 1. The number of rotatable bonds is 2. The van der Waals surface area contributed by atoms with E-state index in [9.17, 15) is 14.4 Å². The summed E-state index contributed by atoms with van der Waals surface area (Å²) in [7, 11) is 0. The molecule has 1 N–H and O–H groups in total. The van der Waals surface area contributed by atoms with E-state index in [1.165, 1.54) is 0 Å². The van der Waals surface area contributed by atoms with Gasteiger partial charge in [-0.15, -0.1) is 0 Å². The second-order valence-corrected chi connectivity index (χ2v) is 9.41. The van der Waals surface area contributed by atoms with Crippen molar-refractivity contribution in [2.45, 2.75) is 63.5 Å². The van der Waals surface area contributed by atoms with Crippen molar-refractivity contribution in [3.8, 4) is 0 Å². The van der Waals surface area contributed by atoms with E-state index in [2.05, 4.69) is 9.97 Å². The summed E-state index contributed by atoms with van der Waals surface area (Å²) in [6, 6.07) is 3.78. The second-order valence-electron chi connectivity index (χ2n) is 9.41. The third kappa shape index (κ3) is 2.92. The zero-order chi connectivity index (χ0) is 22.0. The molecule has 5 heterocycles. The molecule has 0 radical (unpaired) electrons. The lowest BCUT2D eigenvalue weighted by molar-refractivity contribution is -0.122. The van der Waals surface area contributed by atoms with E-state index in [0.717, 1.165) is 42.6 Å². The van der Waals surface area contributed by atoms with Crippen LogP contribution in [0.25, 0.3) is 16.6 Å². The summed E-state index contributed by atoms with van der Waals surface area (Å²) in [5.74, 6) is 1.33. The molecule has 3 saturated heterocycles. The summed E-state index contributed by atoms with van der Waals surface area (Å²) in [5, 5.41) is 0. The Balaban J connectivity index is 1.47. The number of nitrogens with one attached hydrogen (secondary N) is 1. The number of carbonyl (C=O) groups is 2. The fourth-order valence-electron chi connectivity index (χ4n) is 5.86. The van der Waals surface area contributed by atoms with Crippen molar-refractivity contribution in [1.29, 1.82) is 0 Å². The van der Waals surface area contributed by atoms with Gasteiger partial charge in [-0.05, 0) is 50.3 Å². The third-order valence-corrected chi connectivity index (χ3v) is 7.45. The number of hydrogen-bond donors (Lipinski definition) is 1. The molecule has 6 rings (SSSR count). The highest BCUT2D eigenvalue weighted by molar-refractivity contribution is 6.00. The van der Waals surface area contributed by atoms with Crippen LogP contribution in [0.2, 0.25) is 0 Å². The van der Waals surface area contributed by atoms with E-state index in [-0.39, 0.29) is 35.3 Å². The van der Waals surface area contributed by atoms with Crippen LogP contribution in [0.5, 0.6) is 0 Å². The SMILES string of the molecule is Cc1cc2c(cc1C(=O)N1[C@@H]3CC[C@H]1CC(=O)C3)[nH]c(=O)c1cnc(C3CCOCC3)n12. The molecule has 1 aromatic carbocycles. The molecule has 2 aromatic heterocycles. The molecule has 8 nitrogen and oxygen atoms in total. The van der Waals surface area contributed by atoms with Crippen LogP contribution in [0.3, 0.4) is 0 Å². The number of carbonyl (C=O) groups excluding carboxylic acids is 2. The van der Waals surface area contributed by atoms with Crippen LogP contribution in [-0.4, -0.2) is 56.3 Å². The molecular formula is C24H26N4O4. The van der Waals surface area contributed by atoms with Crippen molar-refractivity contribution >= 4 is 28.2 Å². The standard InChI is InChI=1S/C24H26N4O4/c1-13-8-20-19(11-18(13)24(31)27-15-2-3-16(27)10-17(29)9-15)26-23(30)21-12-25-22(28(20)21)14-4-6-32-7-5-14/h8,11-12,14-16H,2-7,9-10H2,1H3,(H,26,30)/t15-,16+. The van der Waals surface area contributed by atoms with Crippen LogP contribution in [0, 0.1) is 6.92 Å². The zero-order valence-corrected chi connectivity index (χ0v) is 18.1. The number of imidazole rings is 1. The highest BCUT2D eigenvalue weighted by atomic mass is 16.5. The number of Topliss-reactive ketones (excluding diaryl/α,β-unsaturated/α-hetero) is 1. The molecular weight excluding hydrogens is 408 g/mol. The van der Waals surface area contributed by atoms with Crippen LogP contribution in [-0.2, 0) is 9.53 Å². The maximum absolute atomic E-state index is 13.5. The maximum Gasteiger partial charge on any atom is 0.274 e. The molecule has 0 spiro atoms. The largest absolute Gasteiger partial charge is 0.381 e. The number of piperidine rings is 1. The fourth-order valence-corrected chi connectivity index (χ4v) is 5.86. The lowest BCUT2D eigenvalue weighted by Gasteiger charge is -2.34. The Hall–Kier alpha value is -3.00. The number of ketones is 1. The molecule has 166 valence electrons. The number of H-pyrrole nitrogens is 1. The fraction of sp³-hybridized carbons (Fsp3) is 0.500. The molecule has 0 aliphatic carbocycles. The van der Waals surface area contributed by atoms with Crippen molar-refractivity contribution < 1.29 is 14.3 Å². The topological polar surface area (TPSA) is 96.8 Å². The van der Waals surface area contributed by atoms with Crippen LogP contribution in [0.15, 0.2) is 23.1 Å². The average molecular weight is 434 g/mol.